The molecule has 1 saturated carbocycles. The van der Waals surface area contributed by atoms with Gasteiger partial charge in [-0.1, -0.05) is 30.3 Å². The Morgan fingerprint density at radius 3 is 2.00 bits per heavy atom. The van der Waals surface area contributed by atoms with Crippen LogP contribution in [0.4, 0.5) is 0 Å². The van der Waals surface area contributed by atoms with E-state index in [2.05, 4.69) is 12.1 Å². The summed E-state index contributed by atoms with van der Waals surface area (Å²) in [5, 5.41) is 26.0. The average Bonchev–Trinajstić information content (AvgIpc) is 2.73. The second-order valence-corrected chi connectivity index (χ2v) is 4.50. The quantitative estimate of drug-likeness (QED) is 0.704. The van der Waals surface area contributed by atoms with Crippen LogP contribution in [-0.4, -0.2) is 27.7 Å². The minimum absolute atomic E-state index is 0.287. The van der Waals surface area contributed by atoms with Gasteiger partial charge in [0.25, 0.3) is 0 Å². The molecule has 1 aromatic rings. The van der Waals surface area contributed by atoms with Gasteiger partial charge in [0.15, 0.2) is 5.79 Å². The van der Waals surface area contributed by atoms with E-state index >= 15 is 0 Å². The molecular formula is C14H22O3. The maximum atomic E-state index is 8.75. The normalized spacial score (nSPS) is 17.4. The van der Waals surface area contributed by atoms with E-state index in [9.17, 15) is 0 Å². The second kappa shape index (κ2) is 7.43. The molecule has 1 aliphatic rings. The minimum Gasteiger partial charge on any atom is -0.396 e. The molecule has 0 aliphatic heterocycles. The van der Waals surface area contributed by atoms with Gasteiger partial charge in [0.2, 0.25) is 0 Å². The number of benzene rings is 1. The fraction of sp³-hybridized carbons (Fsp3) is 0.571. The molecule has 0 heterocycles. The Hall–Kier alpha value is -0.900. The van der Waals surface area contributed by atoms with Gasteiger partial charge in [0.05, 0.1) is 0 Å². The van der Waals surface area contributed by atoms with Crippen molar-refractivity contribution in [2.24, 2.45) is 0 Å². The van der Waals surface area contributed by atoms with Crippen molar-refractivity contribution >= 4 is 0 Å². The van der Waals surface area contributed by atoms with Crippen LogP contribution in [0.5, 0.6) is 0 Å². The molecule has 1 aliphatic carbocycles. The highest BCUT2D eigenvalue weighted by atomic mass is 16.5. The third-order valence-corrected chi connectivity index (χ3v) is 2.87. The summed E-state index contributed by atoms with van der Waals surface area (Å²) in [6, 6.07) is 10.2. The van der Waals surface area contributed by atoms with Crippen molar-refractivity contribution in [1.82, 2.24) is 0 Å². The maximum Gasteiger partial charge on any atom is 0.162 e. The lowest BCUT2D eigenvalue weighted by Gasteiger charge is -2.11. The van der Waals surface area contributed by atoms with Gasteiger partial charge in [-0.3, -0.25) is 0 Å². The lowest BCUT2D eigenvalue weighted by atomic mass is 10.1. The van der Waals surface area contributed by atoms with Crippen molar-refractivity contribution in [3.63, 3.8) is 0 Å². The van der Waals surface area contributed by atoms with Crippen LogP contribution in [0.1, 0.15) is 37.7 Å². The Bertz CT molecular complexity index is 288. The molecule has 1 fully saturated rings. The standard InChI is InChI=1S/C9H12O.C5H10O2/c10-8-4-7-9-5-2-1-3-6-9;6-5(7)3-1-2-4-5/h1-3,5-6,10H,4,7-8H2;6-7H,1-4H2. The molecule has 0 aromatic heterocycles. The lowest BCUT2D eigenvalue weighted by Crippen LogP contribution is -2.21. The van der Waals surface area contributed by atoms with Crippen LogP contribution in [0, 0.1) is 0 Å². The molecule has 0 spiro atoms. The van der Waals surface area contributed by atoms with Crippen LogP contribution in [0.2, 0.25) is 0 Å². The van der Waals surface area contributed by atoms with Crippen molar-refractivity contribution in [2.45, 2.75) is 44.3 Å². The van der Waals surface area contributed by atoms with E-state index in [-0.39, 0.29) is 6.61 Å². The van der Waals surface area contributed by atoms with E-state index in [4.69, 9.17) is 15.3 Å². The van der Waals surface area contributed by atoms with Crippen LogP contribution in [0.25, 0.3) is 0 Å². The van der Waals surface area contributed by atoms with Gasteiger partial charge in [-0.15, -0.1) is 0 Å². The topological polar surface area (TPSA) is 60.7 Å². The number of hydrogen-bond acceptors (Lipinski definition) is 3. The van der Waals surface area contributed by atoms with E-state index in [1.165, 1.54) is 5.56 Å². The molecule has 3 nitrogen and oxygen atoms in total. The first-order valence-corrected chi connectivity index (χ1v) is 6.23. The molecule has 17 heavy (non-hydrogen) atoms. The van der Waals surface area contributed by atoms with Gasteiger partial charge in [-0.25, -0.2) is 0 Å². The molecule has 3 heteroatoms. The minimum atomic E-state index is -1.31. The summed E-state index contributed by atoms with van der Waals surface area (Å²) in [7, 11) is 0. The fourth-order valence-electron chi connectivity index (χ4n) is 1.87. The van der Waals surface area contributed by atoms with E-state index in [0.717, 1.165) is 25.7 Å². The molecular weight excluding hydrogens is 216 g/mol. The number of rotatable bonds is 3. The second-order valence-electron chi connectivity index (χ2n) is 4.50. The first kappa shape index (κ1) is 14.2. The fourth-order valence-corrected chi connectivity index (χ4v) is 1.87. The van der Waals surface area contributed by atoms with E-state index in [1.807, 2.05) is 18.2 Å². The van der Waals surface area contributed by atoms with Crippen LogP contribution in [0.15, 0.2) is 30.3 Å². The van der Waals surface area contributed by atoms with Crippen LogP contribution in [0.3, 0.4) is 0 Å². The van der Waals surface area contributed by atoms with Gasteiger partial charge in [0.1, 0.15) is 0 Å². The first-order valence-electron chi connectivity index (χ1n) is 6.23. The lowest BCUT2D eigenvalue weighted by molar-refractivity contribution is -0.152. The molecule has 3 N–H and O–H groups in total. The van der Waals surface area contributed by atoms with Crippen molar-refractivity contribution in [1.29, 1.82) is 0 Å². The summed E-state index contributed by atoms with van der Waals surface area (Å²) in [5.41, 5.74) is 1.30. The molecule has 0 bridgehead atoms. The zero-order chi connectivity index (χ0) is 12.6. The van der Waals surface area contributed by atoms with Crippen molar-refractivity contribution in [3.8, 4) is 0 Å². The van der Waals surface area contributed by atoms with Crippen LogP contribution >= 0.6 is 0 Å². The molecule has 96 valence electrons. The van der Waals surface area contributed by atoms with Crippen molar-refractivity contribution in [3.05, 3.63) is 35.9 Å². The molecule has 0 radical (unpaired) electrons. The smallest absolute Gasteiger partial charge is 0.162 e. The number of aliphatic hydroxyl groups excluding tert-OH is 1. The zero-order valence-electron chi connectivity index (χ0n) is 10.2. The Morgan fingerprint density at radius 2 is 1.59 bits per heavy atom. The molecule has 2 rings (SSSR count). The SMILES string of the molecule is OC1(O)CCCC1.OCCCc1ccccc1. The summed E-state index contributed by atoms with van der Waals surface area (Å²) < 4.78 is 0. The maximum absolute atomic E-state index is 8.75. The van der Waals surface area contributed by atoms with E-state index < -0.39 is 5.79 Å². The largest absolute Gasteiger partial charge is 0.396 e. The van der Waals surface area contributed by atoms with Gasteiger partial charge in [-0.2, -0.15) is 0 Å². The van der Waals surface area contributed by atoms with Crippen molar-refractivity contribution < 1.29 is 15.3 Å². The van der Waals surface area contributed by atoms with Crippen molar-refractivity contribution in [2.75, 3.05) is 6.61 Å². The third-order valence-electron chi connectivity index (χ3n) is 2.87. The summed E-state index contributed by atoms with van der Waals surface area (Å²) in [4.78, 5) is 0. The van der Waals surface area contributed by atoms with Gasteiger partial charge in [0, 0.05) is 19.4 Å². The number of aryl methyl sites for hydroxylation is 1. The monoisotopic (exact) mass is 238 g/mol. The molecule has 0 unspecified atom stereocenters. The molecule has 0 atom stereocenters. The molecule has 0 amide bonds. The van der Waals surface area contributed by atoms with Gasteiger partial charge >= 0.3 is 0 Å². The predicted octanol–water partition coefficient (Wildman–Crippen LogP) is 1.85. The predicted molar refractivity (Wildman–Crippen MR) is 67.5 cm³/mol. The highest BCUT2D eigenvalue weighted by Gasteiger charge is 2.26. The van der Waals surface area contributed by atoms with Gasteiger partial charge < -0.3 is 15.3 Å². The first-order chi connectivity index (χ1) is 8.14. The highest BCUT2D eigenvalue weighted by molar-refractivity contribution is 5.14. The average molecular weight is 238 g/mol. The molecule has 1 aromatic carbocycles. The van der Waals surface area contributed by atoms with Crippen LogP contribution < -0.4 is 0 Å². The Balaban J connectivity index is 0.000000181. The van der Waals surface area contributed by atoms with E-state index in [0.29, 0.717) is 12.8 Å². The number of aliphatic hydroxyl groups is 3. The Labute approximate surface area is 103 Å². The summed E-state index contributed by atoms with van der Waals surface area (Å²) in [5.74, 6) is -1.31. The Morgan fingerprint density at radius 1 is 1.00 bits per heavy atom. The third kappa shape index (κ3) is 6.41. The number of hydrogen-bond donors (Lipinski definition) is 3. The summed E-state index contributed by atoms with van der Waals surface area (Å²) in [6.45, 7) is 0.287. The zero-order valence-corrected chi connectivity index (χ0v) is 10.2. The summed E-state index contributed by atoms with van der Waals surface area (Å²) in [6.07, 6.45) is 4.90. The molecule has 0 saturated heterocycles. The Kier molecular flexibility index (Phi) is 6.19. The summed E-state index contributed by atoms with van der Waals surface area (Å²) >= 11 is 0. The van der Waals surface area contributed by atoms with Crippen LogP contribution in [-0.2, 0) is 6.42 Å². The highest BCUT2D eigenvalue weighted by Crippen LogP contribution is 2.25. The van der Waals surface area contributed by atoms with E-state index in [1.54, 1.807) is 0 Å². The van der Waals surface area contributed by atoms with Gasteiger partial charge in [-0.05, 0) is 31.2 Å².